The van der Waals surface area contributed by atoms with E-state index in [4.69, 9.17) is 28.3 Å². The van der Waals surface area contributed by atoms with Gasteiger partial charge < -0.3 is 10.0 Å². The Morgan fingerprint density at radius 3 is 2.62 bits per heavy atom. The minimum absolute atomic E-state index is 0.0901. The topological polar surface area (TPSA) is 40.5 Å². The van der Waals surface area contributed by atoms with Crippen LogP contribution in [0.3, 0.4) is 0 Å². The number of carboxylic acids is 1. The van der Waals surface area contributed by atoms with E-state index in [0.29, 0.717) is 23.1 Å². The van der Waals surface area contributed by atoms with E-state index in [1.165, 1.54) is 0 Å². The highest BCUT2D eigenvalue weighted by Crippen LogP contribution is 2.28. The number of rotatable bonds is 5. The summed E-state index contributed by atoms with van der Waals surface area (Å²) in [5.41, 5.74) is 0.815. The Labute approximate surface area is 105 Å². The van der Waals surface area contributed by atoms with Gasteiger partial charge >= 0.3 is 5.97 Å². The Morgan fingerprint density at radius 1 is 1.44 bits per heavy atom. The molecule has 1 N–H and O–H groups in total. The van der Waals surface area contributed by atoms with Crippen LogP contribution >= 0.6 is 23.2 Å². The molecule has 1 aromatic rings. The molecular formula is C11H13Cl2NO2. The van der Waals surface area contributed by atoms with Gasteiger partial charge in [-0.3, -0.25) is 4.79 Å². The van der Waals surface area contributed by atoms with Crippen LogP contribution in [0.2, 0.25) is 10.0 Å². The van der Waals surface area contributed by atoms with Crippen molar-refractivity contribution in [1.82, 2.24) is 0 Å². The molecule has 0 radical (unpaired) electrons. The number of hydrogen-bond donors (Lipinski definition) is 1. The molecule has 0 unspecified atom stereocenters. The number of nitrogens with zero attached hydrogens (tertiary/aromatic N) is 1. The van der Waals surface area contributed by atoms with Gasteiger partial charge in [0.25, 0.3) is 0 Å². The number of benzene rings is 1. The molecule has 0 aliphatic carbocycles. The zero-order valence-corrected chi connectivity index (χ0v) is 10.4. The fourth-order valence-corrected chi connectivity index (χ4v) is 1.95. The Hall–Kier alpha value is -0.930. The minimum Gasteiger partial charge on any atom is -0.481 e. The van der Waals surface area contributed by atoms with Crippen molar-refractivity contribution in [1.29, 1.82) is 0 Å². The van der Waals surface area contributed by atoms with Crippen molar-refractivity contribution < 1.29 is 9.90 Å². The lowest BCUT2D eigenvalue weighted by molar-refractivity contribution is -0.136. The van der Waals surface area contributed by atoms with Crippen molar-refractivity contribution in [3.8, 4) is 0 Å². The van der Waals surface area contributed by atoms with Gasteiger partial charge in [0.05, 0.1) is 17.1 Å². The summed E-state index contributed by atoms with van der Waals surface area (Å²) in [5.74, 6) is -0.816. The van der Waals surface area contributed by atoms with Crippen molar-refractivity contribution in [3.05, 3.63) is 28.2 Å². The fourth-order valence-electron chi connectivity index (χ4n) is 1.42. The predicted molar refractivity (Wildman–Crippen MR) is 66.6 cm³/mol. The summed E-state index contributed by atoms with van der Waals surface area (Å²) in [4.78, 5) is 12.4. The molecule has 0 aliphatic heterocycles. The summed E-state index contributed by atoms with van der Waals surface area (Å²) in [5, 5.41) is 9.75. The second kappa shape index (κ2) is 5.97. The molecule has 5 heteroatoms. The van der Waals surface area contributed by atoms with E-state index < -0.39 is 5.97 Å². The van der Waals surface area contributed by atoms with Gasteiger partial charge in [0.2, 0.25) is 0 Å². The van der Waals surface area contributed by atoms with E-state index >= 15 is 0 Å². The number of anilines is 1. The fraction of sp³-hybridized carbons (Fsp3) is 0.364. The van der Waals surface area contributed by atoms with Crippen LogP contribution in [-0.4, -0.2) is 24.2 Å². The Kier molecular flexibility index (Phi) is 4.90. The lowest BCUT2D eigenvalue weighted by atomic mass is 10.2. The quantitative estimate of drug-likeness (QED) is 0.885. The molecule has 0 heterocycles. The van der Waals surface area contributed by atoms with Gasteiger partial charge in [0.1, 0.15) is 0 Å². The lowest BCUT2D eigenvalue weighted by Crippen LogP contribution is -2.25. The molecule has 1 rings (SSSR count). The Balaban J connectivity index is 2.82. The molecule has 0 saturated heterocycles. The highest BCUT2D eigenvalue weighted by molar-refractivity contribution is 6.36. The van der Waals surface area contributed by atoms with Gasteiger partial charge in [-0.2, -0.15) is 0 Å². The monoisotopic (exact) mass is 261 g/mol. The molecule has 0 bridgehead atoms. The van der Waals surface area contributed by atoms with Gasteiger partial charge in [0, 0.05) is 18.1 Å². The number of carboxylic acid groups (broad SMARTS) is 1. The first-order valence-electron chi connectivity index (χ1n) is 4.96. The SMILES string of the molecule is CCN(CCC(=O)O)c1ccc(Cl)cc1Cl. The van der Waals surface area contributed by atoms with Crippen LogP contribution in [0.1, 0.15) is 13.3 Å². The summed E-state index contributed by atoms with van der Waals surface area (Å²) >= 11 is 11.8. The van der Waals surface area contributed by atoms with Crippen molar-refractivity contribution in [2.45, 2.75) is 13.3 Å². The third-order valence-corrected chi connectivity index (χ3v) is 2.77. The number of halogens is 2. The Bertz CT molecular complexity index is 382. The smallest absolute Gasteiger partial charge is 0.305 e. The van der Waals surface area contributed by atoms with Crippen LogP contribution in [0, 0.1) is 0 Å². The molecule has 1 aromatic carbocycles. The molecule has 88 valence electrons. The molecule has 0 atom stereocenters. The maximum absolute atomic E-state index is 10.5. The van der Waals surface area contributed by atoms with Crippen molar-refractivity contribution in [2.75, 3.05) is 18.0 Å². The van der Waals surface area contributed by atoms with Gasteiger partial charge in [-0.25, -0.2) is 0 Å². The van der Waals surface area contributed by atoms with Crippen LogP contribution < -0.4 is 4.90 Å². The van der Waals surface area contributed by atoms with Crippen LogP contribution in [0.15, 0.2) is 18.2 Å². The van der Waals surface area contributed by atoms with Crippen molar-refractivity contribution in [2.24, 2.45) is 0 Å². The van der Waals surface area contributed by atoms with E-state index in [1.807, 2.05) is 11.8 Å². The van der Waals surface area contributed by atoms with Gasteiger partial charge in [-0.05, 0) is 25.1 Å². The van der Waals surface area contributed by atoms with E-state index in [0.717, 1.165) is 5.69 Å². The maximum atomic E-state index is 10.5. The number of carbonyl (C=O) groups is 1. The summed E-state index contributed by atoms with van der Waals surface area (Å²) in [6.45, 7) is 3.09. The predicted octanol–water partition coefficient (Wildman–Crippen LogP) is 3.29. The summed E-state index contributed by atoms with van der Waals surface area (Å²) in [6.07, 6.45) is 0.0901. The van der Waals surface area contributed by atoms with Crippen LogP contribution in [0.25, 0.3) is 0 Å². The zero-order valence-electron chi connectivity index (χ0n) is 8.91. The largest absolute Gasteiger partial charge is 0.481 e. The molecule has 0 fully saturated rings. The lowest BCUT2D eigenvalue weighted by Gasteiger charge is -2.23. The highest BCUT2D eigenvalue weighted by atomic mass is 35.5. The molecule has 0 spiro atoms. The average Bonchev–Trinajstić information content (AvgIpc) is 2.21. The summed E-state index contributed by atoms with van der Waals surface area (Å²) in [6, 6.07) is 5.20. The standard InChI is InChI=1S/C11H13Cl2NO2/c1-2-14(6-5-11(15)16)10-4-3-8(12)7-9(10)13/h3-4,7H,2,5-6H2,1H3,(H,15,16). The third kappa shape index (κ3) is 3.58. The van der Waals surface area contributed by atoms with Crippen molar-refractivity contribution >= 4 is 34.9 Å². The van der Waals surface area contributed by atoms with E-state index in [1.54, 1.807) is 18.2 Å². The van der Waals surface area contributed by atoms with Gasteiger partial charge in [-0.15, -0.1) is 0 Å². The second-order valence-electron chi connectivity index (χ2n) is 3.32. The summed E-state index contributed by atoms with van der Waals surface area (Å²) in [7, 11) is 0. The molecule has 3 nitrogen and oxygen atoms in total. The Morgan fingerprint density at radius 2 is 2.12 bits per heavy atom. The van der Waals surface area contributed by atoms with Gasteiger partial charge in [0.15, 0.2) is 0 Å². The first kappa shape index (κ1) is 13.1. The molecule has 0 aromatic heterocycles. The third-order valence-electron chi connectivity index (χ3n) is 2.23. The van der Waals surface area contributed by atoms with Crippen LogP contribution in [0.5, 0.6) is 0 Å². The maximum Gasteiger partial charge on any atom is 0.305 e. The number of aliphatic carboxylic acids is 1. The van der Waals surface area contributed by atoms with E-state index in [2.05, 4.69) is 0 Å². The number of hydrogen-bond acceptors (Lipinski definition) is 2. The normalized spacial score (nSPS) is 10.2. The molecule has 0 aliphatic rings. The average molecular weight is 262 g/mol. The minimum atomic E-state index is -0.816. The van der Waals surface area contributed by atoms with E-state index in [9.17, 15) is 4.79 Å². The van der Waals surface area contributed by atoms with E-state index in [-0.39, 0.29) is 6.42 Å². The summed E-state index contributed by atoms with van der Waals surface area (Å²) < 4.78 is 0. The molecular weight excluding hydrogens is 249 g/mol. The highest BCUT2D eigenvalue weighted by Gasteiger charge is 2.10. The second-order valence-corrected chi connectivity index (χ2v) is 4.16. The molecule has 16 heavy (non-hydrogen) atoms. The molecule has 0 amide bonds. The van der Waals surface area contributed by atoms with Gasteiger partial charge in [-0.1, -0.05) is 23.2 Å². The zero-order chi connectivity index (χ0) is 12.1. The van der Waals surface area contributed by atoms with Crippen LogP contribution in [0.4, 0.5) is 5.69 Å². The molecule has 0 saturated carbocycles. The first-order valence-corrected chi connectivity index (χ1v) is 5.72. The van der Waals surface area contributed by atoms with Crippen LogP contribution in [-0.2, 0) is 4.79 Å². The first-order chi connectivity index (χ1) is 7.54. The van der Waals surface area contributed by atoms with Crippen molar-refractivity contribution in [3.63, 3.8) is 0 Å².